The Kier molecular flexibility index (Phi) is 3.72. The lowest BCUT2D eigenvalue weighted by atomic mass is 10.4. The molecule has 0 radical (unpaired) electrons. The molecule has 0 aliphatic carbocycles. The molecule has 1 heterocycles. The van der Waals surface area contributed by atoms with Gasteiger partial charge in [-0.05, 0) is 0 Å². The Balaban J connectivity index is 3.12. The van der Waals surface area contributed by atoms with E-state index in [1.807, 2.05) is 0 Å². The Morgan fingerprint density at radius 3 is 2.69 bits per heavy atom. The molecule has 0 fully saturated rings. The molecule has 0 amide bonds. The third-order valence-corrected chi connectivity index (χ3v) is 2.50. The molecule has 6 nitrogen and oxygen atoms in total. The fourth-order valence-electron chi connectivity index (χ4n) is 0.870. The van der Waals surface area contributed by atoms with Crippen LogP contribution in [0.4, 0.5) is 13.8 Å². The fraction of sp³-hybridized carbons (Fsp3) is 0.286. The molecule has 1 aromatic heterocycles. The van der Waals surface area contributed by atoms with Crippen LogP contribution in [0, 0.1) is 10.1 Å². The van der Waals surface area contributed by atoms with E-state index >= 15 is 0 Å². The largest absolute Gasteiger partial charge is 0.465 e. The number of rotatable bonds is 4. The first-order chi connectivity index (χ1) is 7.45. The van der Waals surface area contributed by atoms with Crippen molar-refractivity contribution >= 4 is 22.3 Å². The number of hydrogen-bond donors (Lipinski definition) is 0. The van der Waals surface area contributed by atoms with Gasteiger partial charge in [-0.25, -0.2) is 4.79 Å². The first-order valence-electron chi connectivity index (χ1n) is 3.77. The summed E-state index contributed by atoms with van der Waals surface area (Å²) in [6.07, 6.45) is 0. The summed E-state index contributed by atoms with van der Waals surface area (Å²) in [6.45, 7) is -3.17. The predicted molar refractivity (Wildman–Crippen MR) is 48.9 cm³/mol. The highest BCUT2D eigenvalue weighted by molar-refractivity contribution is 7.17. The van der Waals surface area contributed by atoms with E-state index in [1.54, 1.807) is 0 Å². The van der Waals surface area contributed by atoms with Crippen molar-refractivity contribution < 1.29 is 28.0 Å². The topological polar surface area (TPSA) is 78.7 Å². The number of nitro groups is 1. The van der Waals surface area contributed by atoms with Crippen molar-refractivity contribution in [3.8, 4) is 5.75 Å². The van der Waals surface area contributed by atoms with Gasteiger partial charge in [0.05, 0.1) is 18.1 Å². The van der Waals surface area contributed by atoms with Gasteiger partial charge >= 0.3 is 17.6 Å². The van der Waals surface area contributed by atoms with E-state index in [9.17, 15) is 23.7 Å². The Morgan fingerprint density at radius 1 is 1.62 bits per heavy atom. The van der Waals surface area contributed by atoms with Crippen LogP contribution in [-0.4, -0.2) is 24.6 Å². The minimum Gasteiger partial charge on any atom is -0.465 e. The van der Waals surface area contributed by atoms with Gasteiger partial charge in [0.2, 0.25) is 0 Å². The van der Waals surface area contributed by atoms with Gasteiger partial charge < -0.3 is 9.47 Å². The number of nitrogens with zero attached hydrogens (tertiary/aromatic N) is 1. The van der Waals surface area contributed by atoms with E-state index in [-0.39, 0.29) is 4.88 Å². The number of halogens is 2. The maximum atomic E-state index is 11.9. The Bertz CT molecular complexity index is 419. The van der Waals surface area contributed by atoms with Gasteiger partial charge in [-0.3, -0.25) is 10.1 Å². The normalized spacial score (nSPS) is 10.2. The molecule has 0 N–H and O–H groups in total. The van der Waals surface area contributed by atoms with E-state index in [0.717, 1.165) is 13.2 Å². The van der Waals surface area contributed by atoms with Gasteiger partial charge in [-0.15, -0.1) is 0 Å². The SMILES string of the molecule is COC(=O)c1sc([N+](=O)[O-])cc1OC(F)F. The maximum absolute atomic E-state index is 11.9. The highest BCUT2D eigenvalue weighted by Crippen LogP contribution is 2.35. The summed E-state index contributed by atoms with van der Waals surface area (Å²) >= 11 is 0.410. The van der Waals surface area contributed by atoms with Crippen LogP contribution in [0.5, 0.6) is 5.75 Å². The van der Waals surface area contributed by atoms with E-state index < -0.39 is 28.3 Å². The predicted octanol–water partition coefficient (Wildman–Crippen LogP) is 2.04. The molecule has 0 aliphatic heterocycles. The summed E-state index contributed by atoms with van der Waals surface area (Å²) in [4.78, 5) is 20.3. The molecule has 0 saturated heterocycles. The lowest BCUT2D eigenvalue weighted by molar-refractivity contribution is -0.380. The highest BCUT2D eigenvalue weighted by Gasteiger charge is 2.25. The number of methoxy groups -OCH3 is 1. The fourth-order valence-corrected chi connectivity index (χ4v) is 1.69. The highest BCUT2D eigenvalue weighted by atomic mass is 32.1. The zero-order valence-corrected chi connectivity index (χ0v) is 8.62. The average Bonchev–Trinajstić information content (AvgIpc) is 2.59. The number of thiophene rings is 1. The van der Waals surface area contributed by atoms with Crippen LogP contribution in [0.1, 0.15) is 9.67 Å². The van der Waals surface area contributed by atoms with Crippen LogP contribution >= 0.6 is 11.3 Å². The second kappa shape index (κ2) is 4.84. The molecule has 9 heteroatoms. The molecule has 0 saturated carbocycles. The average molecular weight is 253 g/mol. The third-order valence-electron chi connectivity index (χ3n) is 1.45. The van der Waals surface area contributed by atoms with Crippen molar-refractivity contribution in [2.24, 2.45) is 0 Å². The minimum atomic E-state index is -3.17. The van der Waals surface area contributed by atoms with Crippen molar-refractivity contribution in [2.45, 2.75) is 6.61 Å². The Hall–Kier alpha value is -1.77. The molecule has 1 aromatic rings. The second-order valence-corrected chi connectivity index (χ2v) is 3.44. The van der Waals surface area contributed by atoms with Crippen molar-refractivity contribution in [3.05, 3.63) is 21.1 Å². The first kappa shape index (κ1) is 12.3. The van der Waals surface area contributed by atoms with Crippen LogP contribution < -0.4 is 4.74 Å². The summed E-state index contributed by atoms with van der Waals surface area (Å²) in [5.41, 5.74) is 0. The molecule has 0 spiro atoms. The monoisotopic (exact) mass is 253 g/mol. The van der Waals surface area contributed by atoms with Crippen LogP contribution in [0.3, 0.4) is 0 Å². The van der Waals surface area contributed by atoms with Crippen LogP contribution in [0.15, 0.2) is 6.07 Å². The molecule has 0 bridgehead atoms. The molecule has 1 rings (SSSR count). The molecular formula is C7H5F2NO5S. The summed E-state index contributed by atoms with van der Waals surface area (Å²) in [5, 5.41) is 9.91. The number of hydrogen-bond acceptors (Lipinski definition) is 6. The third kappa shape index (κ3) is 2.63. The lowest BCUT2D eigenvalue weighted by Gasteiger charge is -2.02. The van der Waals surface area contributed by atoms with E-state index in [1.165, 1.54) is 0 Å². The quantitative estimate of drug-likeness (QED) is 0.466. The van der Waals surface area contributed by atoms with Gasteiger partial charge in [0, 0.05) is 0 Å². The van der Waals surface area contributed by atoms with Crippen LogP contribution in [-0.2, 0) is 4.74 Å². The lowest BCUT2D eigenvalue weighted by Crippen LogP contribution is -2.06. The molecule has 0 unspecified atom stereocenters. The van der Waals surface area contributed by atoms with Crippen molar-refractivity contribution in [1.29, 1.82) is 0 Å². The van der Waals surface area contributed by atoms with Gasteiger partial charge in [0.15, 0.2) is 10.6 Å². The van der Waals surface area contributed by atoms with Crippen LogP contribution in [0.25, 0.3) is 0 Å². The van der Waals surface area contributed by atoms with Gasteiger partial charge in [0.1, 0.15) is 0 Å². The van der Waals surface area contributed by atoms with Crippen molar-refractivity contribution in [1.82, 2.24) is 0 Å². The van der Waals surface area contributed by atoms with E-state index in [2.05, 4.69) is 9.47 Å². The smallest absolute Gasteiger partial charge is 0.387 e. The number of alkyl halides is 2. The molecule has 88 valence electrons. The summed E-state index contributed by atoms with van der Waals surface area (Å²) in [5.74, 6) is -1.52. The molecule has 0 aromatic carbocycles. The molecule has 0 atom stereocenters. The van der Waals surface area contributed by atoms with Gasteiger partial charge in [-0.1, -0.05) is 11.3 Å². The summed E-state index contributed by atoms with van der Waals surface area (Å²) < 4.78 is 32.1. The molecular weight excluding hydrogens is 248 g/mol. The molecule has 0 aliphatic rings. The maximum Gasteiger partial charge on any atom is 0.387 e. The van der Waals surface area contributed by atoms with Crippen molar-refractivity contribution in [2.75, 3.05) is 7.11 Å². The number of carbonyl (C=O) groups is 1. The number of ether oxygens (including phenoxy) is 2. The Labute approximate surface area is 91.5 Å². The van der Waals surface area contributed by atoms with E-state index in [4.69, 9.17) is 0 Å². The zero-order chi connectivity index (χ0) is 12.3. The van der Waals surface area contributed by atoms with Crippen molar-refractivity contribution in [3.63, 3.8) is 0 Å². The first-order valence-corrected chi connectivity index (χ1v) is 4.58. The number of esters is 1. The van der Waals surface area contributed by atoms with Crippen LogP contribution in [0.2, 0.25) is 0 Å². The summed E-state index contributed by atoms with van der Waals surface area (Å²) in [7, 11) is 1.03. The van der Waals surface area contributed by atoms with Gasteiger partial charge in [0.25, 0.3) is 0 Å². The number of carbonyl (C=O) groups excluding carboxylic acids is 1. The second-order valence-electron chi connectivity index (χ2n) is 2.41. The summed E-state index contributed by atoms with van der Waals surface area (Å²) in [6, 6.07) is 0.753. The zero-order valence-electron chi connectivity index (χ0n) is 7.81. The Morgan fingerprint density at radius 2 is 2.25 bits per heavy atom. The standard InChI is InChI=1S/C7H5F2NO5S/c1-14-6(11)5-3(15-7(8)9)2-4(16-5)10(12)13/h2,7H,1H3. The van der Waals surface area contributed by atoms with Gasteiger partial charge in [-0.2, -0.15) is 8.78 Å². The van der Waals surface area contributed by atoms with E-state index in [0.29, 0.717) is 11.3 Å². The minimum absolute atomic E-state index is 0.366. The molecule has 16 heavy (non-hydrogen) atoms.